The average Bonchev–Trinajstić information content (AvgIpc) is 3.42. The smallest absolute Gasteiger partial charge is 0.186 e. The van der Waals surface area contributed by atoms with Crippen LogP contribution in [0.25, 0.3) is 0 Å². The maximum atomic E-state index is 10.8. The SMILES string of the molecule is CN(C)C(O)N1CC2(CCN(C3CCN(c4nccs4)CC3)CC2)c2ccccc21. The van der Waals surface area contributed by atoms with Crippen molar-refractivity contribution in [2.45, 2.75) is 43.5 Å². The Morgan fingerprint density at radius 2 is 1.87 bits per heavy atom. The van der Waals surface area contributed by atoms with Crippen molar-refractivity contribution < 1.29 is 5.11 Å². The molecule has 0 amide bonds. The van der Waals surface area contributed by atoms with Crippen molar-refractivity contribution in [3.63, 3.8) is 0 Å². The van der Waals surface area contributed by atoms with Crippen molar-refractivity contribution in [2.75, 3.05) is 56.6 Å². The molecule has 6 nitrogen and oxygen atoms in total. The van der Waals surface area contributed by atoms with E-state index in [1.165, 1.54) is 42.1 Å². The molecule has 1 atom stereocenters. The van der Waals surface area contributed by atoms with Gasteiger partial charge in [-0.15, -0.1) is 11.3 Å². The standard InChI is InChI=1S/C23H33N5OS/c1-25(2)22(29)28-17-23(19-5-3-4-6-20(19)28)9-14-26(15-10-23)18-7-12-27(13-8-18)21-24-11-16-30-21/h3-6,11,16,18,22,29H,7-10,12-15,17H2,1-2H3. The molecule has 1 aromatic carbocycles. The molecule has 1 aromatic heterocycles. The number of hydrogen-bond acceptors (Lipinski definition) is 7. The highest BCUT2D eigenvalue weighted by molar-refractivity contribution is 7.13. The van der Waals surface area contributed by atoms with Crippen LogP contribution >= 0.6 is 11.3 Å². The second-order valence-electron chi connectivity index (χ2n) is 9.30. The molecule has 1 spiro atoms. The van der Waals surface area contributed by atoms with Gasteiger partial charge >= 0.3 is 0 Å². The van der Waals surface area contributed by atoms with E-state index >= 15 is 0 Å². The Balaban J connectivity index is 1.25. The predicted octanol–water partition coefficient (Wildman–Crippen LogP) is 2.80. The zero-order valence-electron chi connectivity index (χ0n) is 18.1. The van der Waals surface area contributed by atoms with Crippen LogP contribution in [0, 0.1) is 0 Å². The zero-order chi connectivity index (χ0) is 20.7. The number of aliphatic hydroxyl groups is 1. The Bertz CT molecular complexity index is 841. The van der Waals surface area contributed by atoms with Gasteiger partial charge < -0.3 is 19.8 Å². The Morgan fingerprint density at radius 1 is 1.13 bits per heavy atom. The normalized spacial score (nSPS) is 23.3. The highest BCUT2D eigenvalue weighted by Gasteiger charge is 2.47. The van der Waals surface area contributed by atoms with Gasteiger partial charge in [-0.3, -0.25) is 4.90 Å². The lowest BCUT2D eigenvalue weighted by Gasteiger charge is -2.45. The molecule has 2 aromatic rings. The lowest BCUT2D eigenvalue weighted by Crippen LogP contribution is -2.53. The van der Waals surface area contributed by atoms with Gasteiger partial charge in [-0.05, 0) is 64.5 Å². The largest absolute Gasteiger partial charge is 0.361 e. The van der Waals surface area contributed by atoms with Crippen molar-refractivity contribution in [1.29, 1.82) is 0 Å². The minimum Gasteiger partial charge on any atom is -0.361 e. The van der Waals surface area contributed by atoms with Crippen molar-refractivity contribution in [3.05, 3.63) is 41.4 Å². The number of fused-ring (bicyclic) bond motifs is 2. The Labute approximate surface area is 183 Å². The molecule has 30 heavy (non-hydrogen) atoms. The first-order valence-corrected chi connectivity index (χ1v) is 12.0. The molecule has 3 aliphatic rings. The summed E-state index contributed by atoms with van der Waals surface area (Å²) in [4.78, 5) is 13.7. The summed E-state index contributed by atoms with van der Waals surface area (Å²) in [6.45, 7) is 5.46. The second-order valence-corrected chi connectivity index (χ2v) is 10.2. The molecule has 1 N–H and O–H groups in total. The third kappa shape index (κ3) is 3.51. The van der Waals surface area contributed by atoms with Gasteiger partial charge in [-0.25, -0.2) is 4.98 Å². The maximum absolute atomic E-state index is 10.8. The summed E-state index contributed by atoms with van der Waals surface area (Å²) in [5, 5.41) is 14.0. The zero-order valence-corrected chi connectivity index (χ0v) is 18.9. The number of nitrogens with zero attached hydrogens (tertiary/aromatic N) is 5. The van der Waals surface area contributed by atoms with Gasteiger partial charge in [0.15, 0.2) is 11.5 Å². The molecule has 1 unspecified atom stereocenters. The number of aromatic nitrogens is 1. The van der Waals surface area contributed by atoms with Gasteiger partial charge in [-0.1, -0.05) is 18.2 Å². The monoisotopic (exact) mass is 427 g/mol. The lowest BCUT2D eigenvalue weighted by atomic mass is 9.74. The number of likely N-dealkylation sites (tertiary alicyclic amines) is 1. The summed E-state index contributed by atoms with van der Waals surface area (Å²) in [6.07, 6.45) is 6.15. The molecule has 2 saturated heterocycles. The predicted molar refractivity (Wildman–Crippen MR) is 123 cm³/mol. The fourth-order valence-corrected chi connectivity index (χ4v) is 6.39. The van der Waals surface area contributed by atoms with Gasteiger partial charge in [0.2, 0.25) is 0 Å². The molecular weight excluding hydrogens is 394 g/mol. The molecule has 7 heteroatoms. The Hall–Kier alpha value is -1.67. The van der Waals surface area contributed by atoms with Crippen LogP contribution in [-0.2, 0) is 5.41 Å². The molecule has 3 aliphatic heterocycles. The van der Waals surface area contributed by atoms with E-state index in [0.29, 0.717) is 6.04 Å². The van der Waals surface area contributed by atoms with E-state index in [1.807, 2.05) is 25.2 Å². The molecule has 5 rings (SSSR count). The first-order chi connectivity index (χ1) is 14.6. The van der Waals surface area contributed by atoms with Crippen molar-refractivity contribution in [2.24, 2.45) is 0 Å². The molecule has 0 saturated carbocycles. The number of thiazole rings is 1. The molecule has 0 aliphatic carbocycles. The molecular formula is C23H33N5OS. The van der Waals surface area contributed by atoms with Gasteiger partial charge in [-0.2, -0.15) is 0 Å². The van der Waals surface area contributed by atoms with E-state index in [1.54, 1.807) is 11.3 Å². The van der Waals surface area contributed by atoms with Crippen LogP contribution in [0.15, 0.2) is 35.8 Å². The fourth-order valence-electron chi connectivity index (χ4n) is 5.69. The quantitative estimate of drug-likeness (QED) is 0.757. The van der Waals surface area contributed by atoms with Crippen LogP contribution < -0.4 is 9.80 Å². The van der Waals surface area contributed by atoms with E-state index in [2.05, 4.69) is 49.3 Å². The third-order valence-corrected chi connectivity index (χ3v) is 8.26. The van der Waals surface area contributed by atoms with Crippen molar-refractivity contribution in [3.8, 4) is 0 Å². The Morgan fingerprint density at radius 3 is 2.53 bits per heavy atom. The minimum atomic E-state index is -0.571. The number of para-hydroxylation sites is 1. The third-order valence-electron chi connectivity index (χ3n) is 7.42. The van der Waals surface area contributed by atoms with Crippen molar-refractivity contribution in [1.82, 2.24) is 14.8 Å². The van der Waals surface area contributed by atoms with Crippen LogP contribution in [0.4, 0.5) is 10.8 Å². The van der Waals surface area contributed by atoms with Gasteiger partial charge in [0.25, 0.3) is 0 Å². The number of hydrogen-bond donors (Lipinski definition) is 1. The highest BCUT2D eigenvalue weighted by atomic mass is 32.1. The molecule has 4 heterocycles. The fraction of sp³-hybridized carbons (Fsp3) is 0.609. The Kier molecular flexibility index (Phi) is 5.47. The van der Waals surface area contributed by atoms with E-state index < -0.39 is 6.35 Å². The van der Waals surface area contributed by atoms with Crippen LogP contribution in [0.2, 0.25) is 0 Å². The van der Waals surface area contributed by atoms with E-state index in [-0.39, 0.29) is 5.41 Å². The number of piperidine rings is 2. The number of anilines is 2. The molecule has 162 valence electrons. The molecule has 2 fully saturated rings. The van der Waals surface area contributed by atoms with Crippen LogP contribution in [0.5, 0.6) is 0 Å². The van der Waals surface area contributed by atoms with Crippen LogP contribution in [0.3, 0.4) is 0 Å². The van der Waals surface area contributed by atoms with E-state index in [0.717, 1.165) is 32.7 Å². The summed E-state index contributed by atoms with van der Waals surface area (Å²) in [6, 6.07) is 9.42. The first kappa shape index (κ1) is 20.2. The number of benzene rings is 1. The molecule has 0 bridgehead atoms. The average molecular weight is 428 g/mol. The number of rotatable bonds is 4. The van der Waals surface area contributed by atoms with E-state index in [4.69, 9.17) is 0 Å². The van der Waals surface area contributed by atoms with Gasteiger partial charge in [0, 0.05) is 48.4 Å². The summed E-state index contributed by atoms with van der Waals surface area (Å²) in [7, 11) is 3.89. The van der Waals surface area contributed by atoms with E-state index in [9.17, 15) is 5.11 Å². The van der Waals surface area contributed by atoms with Crippen molar-refractivity contribution >= 4 is 22.2 Å². The van der Waals surface area contributed by atoms with Crippen LogP contribution in [-0.4, -0.2) is 79.1 Å². The number of aliphatic hydroxyl groups excluding tert-OH is 1. The molecule has 0 radical (unpaired) electrons. The van der Waals surface area contributed by atoms with Crippen LogP contribution in [0.1, 0.15) is 31.2 Å². The maximum Gasteiger partial charge on any atom is 0.186 e. The first-order valence-electron chi connectivity index (χ1n) is 11.2. The summed E-state index contributed by atoms with van der Waals surface area (Å²) in [5.74, 6) is 0. The summed E-state index contributed by atoms with van der Waals surface area (Å²) >= 11 is 1.75. The second kappa shape index (κ2) is 8.11. The lowest BCUT2D eigenvalue weighted by molar-refractivity contribution is 0.0325. The summed E-state index contributed by atoms with van der Waals surface area (Å²) in [5.41, 5.74) is 2.82. The highest BCUT2D eigenvalue weighted by Crippen LogP contribution is 2.48. The topological polar surface area (TPSA) is 46.1 Å². The van der Waals surface area contributed by atoms with Gasteiger partial charge in [0.1, 0.15) is 0 Å². The minimum absolute atomic E-state index is 0.172. The summed E-state index contributed by atoms with van der Waals surface area (Å²) < 4.78 is 0. The van der Waals surface area contributed by atoms with Gasteiger partial charge in [0.05, 0.1) is 0 Å².